The molecule has 2 unspecified atom stereocenters. The number of alkyl halides is 1. The van der Waals surface area contributed by atoms with Crippen LogP contribution < -0.4 is 0 Å². The van der Waals surface area contributed by atoms with Gasteiger partial charge in [-0.2, -0.15) is 5.10 Å². The van der Waals surface area contributed by atoms with E-state index >= 15 is 0 Å². The molecule has 3 heteroatoms. The minimum absolute atomic E-state index is 0.218. The van der Waals surface area contributed by atoms with E-state index in [-0.39, 0.29) is 5.38 Å². The van der Waals surface area contributed by atoms with Crippen molar-refractivity contribution in [1.82, 2.24) is 9.78 Å². The molecule has 1 rings (SSSR count). The van der Waals surface area contributed by atoms with Crippen LogP contribution in [0.25, 0.3) is 0 Å². The topological polar surface area (TPSA) is 17.8 Å². The largest absolute Gasteiger partial charge is 0.270 e. The number of hydrogen-bond donors (Lipinski definition) is 0. The van der Waals surface area contributed by atoms with Crippen LogP contribution in [0.15, 0.2) is 6.07 Å². The third-order valence-corrected chi connectivity index (χ3v) is 3.32. The number of rotatable bonds is 5. The maximum atomic E-state index is 6.08. The van der Waals surface area contributed by atoms with Crippen LogP contribution >= 0.6 is 11.6 Å². The molecule has 0 saturated carbocycles. The fourth-order valence-electron chi connectivity index (χ4n) is 1.62. The van der Waals surface area contributed by atoms with Crippen LogP contribution in [0.2, 0.25) is 0 Å². The van der Waals surface area contributed by atoms with Gasteiger partial charge in [-0.05, 0) is 38.7 Å². The van der Waals surface area contributed by atoms with Crippen LogP contribution in [-0.2, 0) is 19.4 Å². The van der Waals surface area contributed by atoms with Crippen molar-refractivity contribution in [2.75, 3.05) is 0 Å². The zero-order valence-electron chi connectivity index (χ0n) is 10.1. The van der Waals surface area contributed by atoms with Gasteiger partial charge in [0.05, 0.1) is 5.69 Å². The van der Waals surface area contributed by atoms with Gasteiger partial charge in [0.15, 0.2) is 0 Å². The smallest absolute Gasteiger partial charge is 0.0624 e. The van der Waals surface area contributed by atoms with Crippen LogP contribution in [-0.4, -0.2) is 15.2 Å². The van der Waals surface area contributed by atoms with Gasteiger partial charge in [0.25, 0.3) is 0 Å². The summed E-state index contributed by atoms with van der Waals surface area (Å²) in [7, 11) is 0. The molecule has 1 heterocycles. The minimum atomic E-state index is 0.218. The molecule has 0 fully saturated rings. The lowest BCUT2D eigenvalue weighted by Crippen LogP contribution is -2.13. The quantitative estimate of drug-likeness (QED) is 0.708. The van der Waals surface area contributed by atoms with E-state index in [9.17, 15) is 0 Å². The maximum Gasteiger partial charge on any atom is 0.0624 e. The number of hydrogen-bond acceptors (Lipinski definition) is 1. The molecule has 0 amide bonds. The van der Waals surface area contributed by atoms with E-state index in [1.54, 1.807) is 0 Å². The fourth-order valence-corrected chi connectivity index (χ4v) is 1.71. The van der Waals surface area contributed by atoms with Gasteiger partial charge in [0, 0.05) is 17.6 Å². The summed E-state index contributed by atoms with van der Waals surface area (Å²) in [4.78, 5) is 0. The SMILES string of the molecule is CCc1cc(CC(C)C(C)Cl)n(CC)n1. The van der Waals surface area contributed by atoms with Crippen LogP contribution in [0.4, 0.5) is 0 Å². The second kappa shape index (κ2) is 5.55. The summed E-state index contributed by atoms with van der Waals surface area (Å²) in [6, 6.07) is 2.21. The highest BCUT2D eigenvalue weighted by atomic mass is 35.5. The Bertz CT molecular complexity index is 305. The van der Waals surface area contributed by atoms with Gasteiger partial charge in [0.1, 0.15) is 0 Å². The summed E-state index contributed by atoms with van der Waals surface area (Å²) in [5.41, 5.74) is 2.50. The fraction of sp³-hybridized carbons (Fsp3) is 0.750. The van der Waals surface area contributed by atoms with Gasteiger partial charge < -0.3 is 0 Å². The molecule has 15 heavy (non-hydrogen) atoms. The summed E-state index contributed by atoms with van der Waals surface area (Å²) < 4.78 is 2.09. The van der Waals surface area contributed by atoms with Gasteiger partial charge in [-0.3, -0.25) is 4.68 Å². The molecule has 0 aliphatic rings. The van der Waals surface area contributed by atoms with Crippen molar-refractivity contribution in [2.45, 2.75) is 52.5 Å². The minimum Gasteiger partial charge on any atom is -0.270 e. The standard InChI is InChI=1S/C12H21ClN2/c1-5-11-8-12(15(6-2)14-11)7-9(3)10(4)13/h8-10H,5-7H2,1-4H3. The average molecular weight is 229 g/mol. The van der Waals surface area contributed by atoms with Crippen molar-refractivity contribution < 1.29 is 0 Å². The van der Waals surface area contributed by atoms with Crippen molar-refractivity contribution in [3.8, 4) is 0 Å². The normalized spacial score (nSPS) is 15.3. The molecule has 1 aromatic heterocycles. The highest BCUT2D eigenvalue weighted by Crippen LogP contribution is 2.17. The predicted molar refractivity (Wildman–Crippen MR) is 65.5 cm³/mol. The lowest BCUT2D eigenvalue weighted by atomic mass is 10.0. The van der Waals surface area contributed by atoms with E-state index in [1.807, 2.05) is 0 Å². The van der Waals surface area contributed by atoms with Crippen molar-refractivity contribution in [3.05, 3.63) is 17.5 Å². The third-order valence-electron chi connectivity index (χ3n) is 2.89. The Morgan fingerprint density at radius 1 is 1.40 bits per heavy atom. The first-order valence-electron chi connectivity index (χ1n) is 5.78. The Balaban J connectivity index is 2.78. The Morgan fingerprint density at radius 2 is 2.07 bits per heavy atom. The van der Waals surface area contributed by atoms with E-state index in [1.165, 1.54) is 11.4 Å². The molecule has 0 saturated heterocycles. The van der Waals surface area contributed by atoms with Crippen molar-refractivity contribution in [3.63, 3.8) is 0 Å². The van der Waals surface area contributed by atoms with Crippen LogP contribution in [0, 0.1) is 5.92 Å². The van der Waals surface area contributed by atoms with Crippen molar-refractivity contribution >= 4 is 11.6 Å². The molecule has 0 radical (unpaired) electrons. The Labute approximate surface area is 97.6 Å². The second-order valence-corrected chi connectivity index (χ2v) is 4.84. The summed E-state index contributed by atoms with van der Waals surface area (Å²) in [5, 5.41) is 4.75. The summed E-state index contributed by atoms with van der Waals surface area (Å²) in [6.07, 6.45) is 2.02. The third kappa shape index (κ3) is 3.23. The van der Waals surface area contributed by atoms with Gasteiger partial charge >= 0.3 is 0 Å². The van der Waals surface area contributed by atoms with Crippen LogP contribution in [0.1, 0.15) is 39.1 Å². The number of nitrogens with zero attached hydrogens (tertiary/aromatic N) is 2. The Kier molecular flexibility index (Phi) is 4.65. The molecule has 0 aliphatic heterocycles. The van der Waals surface area contributed by atoms with Gasteiger partial charge in [0.2, 0.25) is 0 Å². The van der Waals surface area contributed by atoms with E-state index in [0.717, 1.165) is 19.4 Å². The number of aromatic nitrogens is 2. The first-order valence-corrected chi connectivity index (χ1v) is 6.21. The first-order chi connectivity index (χ1) is 7.08. The Hall–Kier alpha value is -0.500. The van der Waals surface area contributed by atoms with E-state index in [2.05, 4.69) is 43.5 Å². The maximum absolute atomic E-state index is 6.08. The van der Waals surface area contributed by atoms with E-state index in [4.69, 9.17) is 11.6 Å². The summed E-state index contributed by atoms with van der Waals surface area (Å²) in [5.74, 6) is 0.498. The lowest BCUT2D eigenvalue weighted by Gasteiger charge is -2.14. The molecule has 0 aromatic carbocycles. The molecule has 1 aromatic rings. The highest BCUT2D eigenvalue weighted by Gasteiger charge is 2.13. The molecular formula is C12H21ClN2. The number of halogens is 1. The molecular weight excluding hydrogens is 208 g/mol. The van der Waals surface area contributed by atoms with E-state index < -0.39 is 0 Å². The highest BCUT2D eigenvalue weighted by molar-refractivity contribution is 6.20. The zero-order valence-corrected chi connectivity index (χ0v) is 10.9. The molecule has 86 valence electrons. The molecule has 0 aliphatic carbocycles. The summed E-state index contributed by atoms with van der Waals surface area (Å²) >= 11 is 6.08. The molecule has 0 bridgehead atoms. The molecule has 0 N–H and O–H groups in total. The average Bonchev–Trinajstić information content (AvgIpc) is 2.60. The zero-order chi connectivity index (χ0) is 11.4. The van der Waals surface area contributed by atoms with Crippen molar-refractivity contribution in [2.24, 2.45) is 5.92 Å². The predicted octanol–water partition coefficient (Wildman–Crippen LogP) is 3.27. The van der Waals surface area contributed by atoms with E-state index in [0.29, 0.717) is 5.92 Å². The Morgan fingerprint density at radius 3 is 2.53 bits per heavy atom. The van der Waals surface area contributed by atoms with Gasteiger partial charge in [-0.15, -0.1) is 11.6 Å². The van der Waals surface area contributed by atoms with Gasteiger partial charge in [-0.25, -0.2) is 0 Å². The molecule has 2 atom stereocenters. The van der Waals surface area contributed by atoms with Crippen molar-refractivity contribution in [1.29, 1.82) is 0 Å². The first kappa shape index (κ1) is 12.6. The molecule has 0 spiro atoms. The summed E-state index contributed by atoms with van der Waals surface area (Å²) in [6.45, 7) is 9.46. The number of aryl methyl sites for hydroxylation is 2. The monoisotopic (exact) mass is 228 g/mol. The van der Waals surface area contributed by atoms with Gasteiger partial charge in [-0.1, -0.05) is 13.8 Å². The van der Waals surface area contributed by atoms with Crippen LogP contribution in [0.3, 0.4) is 0 Å². The second-order valence-electron chi connectivity index (χ2n) is 4.16. The van der Waals surface area contributed by atoms with Crippen LogP contribution in [0.5, 0.6) is 0 Å². The lowest BCUT2D eigenvalue weighted by molar-refractivity contribution is 0.522. The molecule has 2 nitrogen and oxygen atoms in total.